The largest absolute Gasteiger partial charge is 0.468 e. The number of hydrogen-bond donors (Lipinski definition) is 0. The highest BCUT2D eigenvalue weighted by Crippen LogP contribution is 2.22. The topological polar surface area (TPSA) is 74.1 Å². The Kier molecular flexibility index (Phi) is 6.90. The molecule has 3 heterocycles. The molecular weight excluding hydrogens is 366 g/mol. The van der Waals surface area contributed by atoms with Gasteiger partial charge in [0, 0.05) is 45.2 Å². The number of sulfonamides is 1. The standard InChI is InChI=1S/C16H25N3O4S.ClH/c1-24(21,22)19-6-4-14(5-7-19)16(20)18-10-8-17(9-11-18)13-15-3-2-12-23-15;/h2-3,12,14H,4-11,13H2,1H3;1H. The van der Waals surface area contributed by atoms with Gasteiger partial charge in [-0.1, -0.05) is 0 Å². The number of furan rings is 1. The molecule has 1 amide bonds. The molecule has 1 aromatic heterocycles. The molecule has 0 aliphatic carbocycles. The van der Waals surface area contributed by atoms with Crippen LogP contribution in [0.3, 0.4) is 0 Å². The Morgan fingerprint density at radius 3 is 2.32 bits per heavy atom. The van der Waals surface area contributed by atoms with Crippen LogP contribution in [0.25, 0.3) is 0 Å². The summed E-state index contributed by atoms with van der Waals surface area (Å²) >= 11 is 0. The van der Waals surface area contributed by atoms with Crippen LogP contribution >= 0.6 is 12.4 Å². The fraction of sp³-hybridized carbons (Fsp3) is 0.688. The molecule has 2 aliphatic rings. The lowest BCUT2D eigenvalue weighted by molar-refractivity contribution is -0.138. The van der Waals surface area contributed by atoms with E-state index in [9.17, 15) is 13.2 Å². The maximum atomic E-state index is 12.7. The number of carbonyl (C=O) groups is 1. The normalized spacial score (nSPS) is 21.1. The number of carbonyl (C=O) groups excluding carboxylic acids is 1. The summed E-state index contributed by atoms with van der Waals surface area (Å²) in [5, 5.41) is 0. The summed E-state index contributed by atoms with van der Waals surface area (Å²) in [6.07, 6.45) is 4.16. The minimum atomic E-state index is -3.14. The Morgan fingerprint density at radius 2 is 1.80 bits per heavy atom. The first-order chi connectivity index (χ1) is 11.4. The fourth-order valence-corrected chi connectivity index (χ4v) is 4.32. The minimum absolute atomic E-state index is 0. The van der Waals surface area contributed by atoms with Crippen molar-refractivity contribution in [3.05, 3.63) is 24.2 Å². The Hall–Kier alpha value is -1.09. The van der Waals surface area contributed by atoms with Gasteiger partial charge in [-0.25, -0.2) is 12.7 Å². The van der Waals surface area contributed by atoms with E-state index in [1.165, 1.54) is 10.6 Å². The molecule has 9 heteroatoms. The minimum Gasteiger partial charge on any atom is -0.468 e. The summed E-state index contributed by atoms with van der Waals surface area (Å²) in [4.78, 5) is 16.9. The van der Waals surface area contributed by atoms with Crippen LogP contribution in [0.4, 0.5) is 0 Å². The van der Waals surface area contributed by atoms with Gasteiger partial charge in [0.05, 0.1) is 19.1 Å². The Bertz CT molecular complexity index is 649. The zero-order valence-electron chi connectivity index (χ0n) is 14.5. The van der Waals surface area contributed by atoms with E-state index in [1.54, 1.807) is 6.26 Å². The first kappa shape index (κ1) is 20.2. The SMILES string of the molecule is CS(=O)(=O)N1CCC(C(=O)N2CCN(Cc3ccco3)CC2)CC1.Cl. The van der Waals surface area contributed by atoms with Gasteiger partial charge in [-0.2, -0.15) is 0 Å². The van der Waals surface area contributed by atoms with E-state index in [1.807, 2.05) is 17.0 Å². The lowest BCUT2D eigenvalue weighted by atomic mass is 9.96. The summed E-state index contributed by atoms with van der Waals surface area (Å²) in [6, 6.07) is 3.85. The van der Waals surface area contributed by atoms with Crippen LogP contribution in [-0.2, 0) is 21.4 Å². The lowest BCUT2D eigenvalue weighted by Crippen LogP contribution is -2.51. The van der Waals surface area contributed by atoms with Gasteiger partial charge in [-0.05, 0) is 25.0 Å². The molecule has 7 nitrogen and oxygen atoms in total. The van der Waals surface area contributed by atoms with Gasteiger partial charge in [-0.15, -0.1) is 12.4 Å². The van der Waals surface area contributed by atoms with E-state index in [0.717, 1.165) is 38.5 Å². The summed E-state index contributed by atoms with van der Waals surface area (Å²) in [5.74, 6) is 1.09. The Balaban J connectivity index is 0.00000225. The molecular formula is C16H26ClN3O4S. The highest BCUT2D eigenvalue weighted by atomic mass is 35.5. The van der Waals surface area contributed by atoms with Crippen molar-refractivity contribution in [2.45, 2.75) is 19.4 Å². The average Bonchev–Trinajstić information content (AvgIpc) is 3.07. The van der Waals surface area contributed by atoms with Gasteiger partial charge in [0.15, 0.2) is 0 Å². The van der Waals surface area contributed by atoms with Crippen LogP contribution in [0, 0.1) is 5.92 Å². The van der Waals surface area contributed by atoms with Gasteiger partial charge in [0.2, 0.25) is 15.9 Å². The van der Waals surface area contributed by atoms with E-state index < -0.39 is 10.0 Å². The molecule has 0 saturated carbocycles. The molecule has 2 saturated heterocycles. The van der Waals surface area contributed by atoms with E-state index >= 15 is 0 Å². The molecule has 2 fully saturated rings. The first-order valence-electron chi connectivity index (χ1n) is 8.42. The molecule has 0 bridgehead atoms. The molecule has 0 spiro atoms. The van der Waals surface area contributed by atoms with Crippen LogP contribution in [0.15, 0.2) is 22.8 Å². The van der Waals surface area contributed by atoms with Crippen LogP contribution in [0.2, 0.25) is 0 Å². The lowest BCUT2D eigenvalue weighted by Gasteiger charge is -2.38. The number of piperidine rings is 1. The second-order valence-corrected chi connectivity index (χ2v) is 8.60. The summed E-state index contributed by atoms with van der Waals surface area (Å²) in [5.41, 5.74) is 0. The van der Waals surface area contributed by atoms with E-state index in [-0.39, 0.29) is 24.2 Å². The van der Waals surface area contributed by atoms with Crippen molar-refractivity contribution in [2.24, 2.45) is 5.92 Å². The van der Waals surface area contributed by atoms with Crippen molar-refractivity contribution >= 4 is 28.3 Å². The maximum absolute atomic E-state index is 12.7. The number of rotatable bonds is 4. The Morgan fingerprint density at radius 1 is 1.16 bits per heavy atom. The Labute approximate surface area is 155 Å². The van der Waals surface area contributed by atoms with Gasteiger partial charge >= 0.3 is 0 Å². The molecule has 25 heavy (non-hydrogen) atoms. The third-order valence-electron chi connectivity index (χ3n) is 4.92. The zero-order chi connectivity index (χ0) is 17.2. The molecule has 0 radical (unpaired) electrons. The van der Waals surface area contributed by atoms with Crippen LogP contribution in [0.5, 0.6) is 0 Å². The van der Waals surface area contributed by atoms with Crippen LogP contribution in [-0.4, -0.2) is 74.0 Å². The molecule has 3 rings (SSSR count). The van der Waals surface area contributed by atoms with Crippen molar-refractivity contribution in [1.82, 2.24) is 14.1 Å². The second kappa shape index (κ2) is 8.53. The quantitative estimate of drug-likeness (QED) is 0.766. The summed E-state index contributed by atoms with van der Waals surface area (Å²) in [6.45, 7) is 4.82. The molecule has 0 atom stereocenters. The van der Waals surface area contributed by atoms with Crippen molar-refractivity contribution < 1.29 is 17.6 Å². The van der Waals surface area contributed by atoms with Crippen molar-refractivity contribution in [1.29, 1.82) is 0 Å². The van der Waals surface area contributed by atoms with Crippen molar-refractivity contribution in [2.75, 3.05) is 45.5 Å². The van der Waals surface area contributed by atoms with Gasteiger partial charge in [0.1, 0.15) is 5.76 Å². The third-order valence-corrected chi connectivity index (χ3v) is 6.22. The summed E-state index contributed by atoms with van der Waals surface area (Å²) < 4.78 is 29.9. The van der Waals surface area contributed by atoms with E-state index in [4.69, 9.17) is 4.42 Å². The smallest absolute Gasteiger partial charge is 0.225 e. The predicted molar refractivity (Wildman–Crippen MR) is 97.0 cm³/mol. The summed E-state index contributed by atoms with van der Waals surface area (Å²) in [7, 11) is -3.14. The third kappa shape index (κ3) is 5.20. The van der Waals surface area contributed by atoms with Gasteiger partial charge in [-0.3, -0.25) is 9.69 Å². The second-order valence-electron chi connectivity index (χ2n) is 6.62. The molecule has 1 aromatic rings. The molecule has 0 N–H and O–H groups in total. The number of piperazine rings is 1. The first-order valence-corrected chi connectivity index (χ1v) is 10.3. The van der Waals surface area contributed by atoms with Crippen LogP contribution < -0.4 is 0 Å². The molecule has 2 aliphatic heterocycles. The highest BCUT2D eigenvalue weighted by Gasteiger charge is 2.32. The van der Waals surface area contributed by atoms with E-state index in [2.05, 4.69) is 4.90 Å². The monoisotopic (exact) mass is 391 g/mol. The molecule has 0 unspecified atom stereocenters. The van der Waals surface area contributed by atoms with Gasteiger partial charge in [0.25, 0.3) is 0 Å². The zero-order valence-corrected chi connectivity index (χ0v) is 16.1. The predicted octanol–water partition coefficient (Wildman–Crippen LogP) is 1.02. The van der Waals surface area contributed by atoms with Crippen LogP contribution in [0.1, 0.15) is 18.6 Å². The fourth-order valence-electron chi connectivity index (χ4n) is 3.44. The molecule has 142 valence electrons. The van der Waals surface area contributed by atoms with E-state index in [0.29, 0.717) is 25.9 Å². The highest BCUT2D eigenvalue weighted by molar-refractivity contribution is 7.88. The maximum Gasteiger partial charge on any atom is 0.225 e. The molecule has 0 aromatic carbocycles. The van der Waals surface area contributed by atoms with Gasteiger partial charge < -0.3 is 9.32 Å². The average molecular weight is 392 g/mol. The number of hydrogen-bond acceptors (Lipinski definition) is 5. The van der Waals surface area contributed by atoms with Crippen molar-refractivity contribution in [3.8, 4) is 0 Å². The number of halogens is 1. The number of nitrogens with zero attached hydrogens (tertiary/aromatic N) is 3. The number of amides is 1. The van der Waals surface area contributed by atoms with Crippen molar-refractivity contribution in [3.63, 3.8) is 0 Å².